The van der Waals surface area contributed by atoms with Crippen molar-refractivity contribution >= 4 is 29.1 Å². The first-order valence-corrected chi connectivity index (χ1v) is 12.1. The van der Waals surface area contributed by atoms with Gasteiger partial charge in [-0.3, -0.25) is 4.79 Å². The van der Waals surface area contributed by atoms with Crippen molar-refractivity contribution in [1.82, 2.24) is 5.01 Å². The van der Waals surface area contributed by atoms with Gasteiger partial charge in [0, 0.05) is 45.5 Å². The van der Waals surface area contributed by atoms with E-state index in [1.165, 1.54) is 17.5 Å². The molecule has 0 bridgehead atoms. The summed E-state index contributed by atoms with van der Waals surface area (Å²) in [6, 6.07) is 20.3. The molecule has 3 aromatic rings. The van der Waals surface area contributed by atoms with Crippen LogP contribution in [0, 0.1) is 5.92 Å². The lowest BCUT2D eigenvalue weighted by molar-refractivity contribution is 0.0648. The predicted molar refractivity (Wildman–Crippen MR) is 142 cm³/mol. The monoisotopic (exact) mass is 468 g/mol. The fourth-order valence-corrected chi connectivity index (χ4v) is 5.05. The first kappa shape index (κ1) is 23.0. The molecule has 1 fully saturated rings. The molecular weight excluding hydrogens is 436 g/mol. The van der Waals surface area contributed by atoms with Gasteiger partial charge in [0.1, 0.15) is 0 Å². The van der Waals surface area contributed by atoms with E-state index in [2.05, 4.69) is 64.4 Å². The molecule has 1 saturated carbocycles. The maximum Gasteiger partial charge on any atom is 0.310 e. The molecule has 0 saturated heterocycles. The van der Waals surface area contributed by atoms with E-state index in [-0.39, 0.29) is 17.9 Å². The first-order chi connectivity index (χ1) is 16.9. The zero-order valence-electron chi connectivity index (χ0n) is 20.8. The molecule has 35 heavy (non-hydrogen) atoms. The summed E-state index contributed by atoms with van der Waals surface area (Å²) in [5.41, 5.74) is 6.77. The molecule has 2 atom stereocenters. The summed E-state index contributed by atoms with van der Waals surface area (Å²) in [6.07, 6.45) is 6.79. The molecule has 1 aromatic heterocycles. The molecular formula is C29H32N4O2. The highest BCUT2D eigenvalue weighted by Crippen LogP contribution is 2.45. The van der Waals surface area contributed by atoms with E-state index in [4.69, 9.17) is 9.52 Å². The number of amides is 1. The molecule has 180 valence electrons. The summed E-state index contributed by atoms with van der Waals surface area (Å²) in [4.78, 5) is 17.6. The van der Waals surface area contributed by atoms with Crippen LogP contribution in [0.25, 0.3) is 6.08 Å². The molecule has 2 aromatic carbocycles. The van der Waals surface area contributed by atoms with Crippen LogP contribution in [0.4, 0.5) is 11.4 Å². The Morgan fingerprint density at radius 2 is 1.63 bits per heavy atom. The van der Waals surface area contributed by atoms with Gasteiger partial charge in [-0.05, 0) is 78.4 Å². The second-order valence-corrected chi connectivity index (χ2v) is 9.70. The van der Waals surface area contributed by atoms with Crippen LogP contribution in [0.15, 0.2) is 82.0 Å². The SMILES string of the molecule is CN(C)c1ccc(C=C2CCCC3C2=NN(C(=O)c2ccco2)C3c2ccc(N(C)C)cc2)cc1. The van der Waals surface area contributed by atoms with Gasteiger partial charge in [0.15, 0.2) is 5.76 Å². The van der Waals surface area contributed by atoms with Crippen molar-refractivity contribution in [3.63, 3.8) is 0 Å². The standard InChI is InChI=1S/C29H32N4O2/c1-31(2)23-14-10-20(11-15-23)19-22-7-5-8-25-27(22)30-33(29(34)26-9-6-18-35-26)28(25)21-12-16-24(17-13-21)32(3)4/h6,9-19,25,28H,5,7-8H2,1-4H3. The Morgan fingerprint density at radius 1 is 0.971 bits per heavy atom. The Balaban J connectivity index is 1.53. The van der Waals surface area contributed by atoms with Gasteiger partial charge in [-0.15, -0.1) is 0 Å². The maximum absolute atomic E-state index is 13.5. The van der Waals surface area contributed by atoms with Crippen molar-refractivity contribution in [2.45, 2.75) is 25.3 Å². The Bertz CT molecular complexity index is 1240. The minimum atomic E-state index is -0.201. The number of nitrogens with zero attached hydrogens (tertiary/aromatic N) is 4. The number of fused-ring (bicyclic) bond motifs is 1. The van der Waals surface area contributed by atoms with Gasteiger partial charge in [0.2, 0.25) is 0 Å². The number of anilines is 2. The molecule has 1 aliphatic carbocycles. The van der Waals surface area contributed by atoms with Crippen molar-refractivity contribution < 1.29 is 9.21 Å². The van der Waals surface area contributed by atoms with E-state index in [9.17, 15) is 4.79 Å². The minimum absolute atomic E-state index is 0.153. The zero-order chi connectivity index (χ0) is 24.5. The Hall–Kier alpha value is -3.80. The molecule has 6 heteroatoms. The Kier molecular flexibility index (Phi) is 6.20. The smallest absolute Gasteiger partial charge is 0.310 e. The number of hydrogen-bond donors (Lipinski definition) is 0. The van der Waals surface area contributed by atoms with Crippen molar-refractivity contribution in [1.29, 1.82) is 0 Å². The number of hydrogen-bond acceptors (Lipinski definition) is 5. The molecule has 6 nitrogen and oxygen atoms in total. The van der Waals surface area contributed by atoms with Gasteiger partial charge in [-0.1, -0.05) is 24.3 Å². The van der Waals surface area contributed by atoms with Crippen LogP contribution >= 0.6 is 0 Å². The average Bonchev–Trinajstić information content (AvgIpc) is 3.53. The van der Waals surface area contributed by atoms with E-state index in [1.54, 1.807) is 17.1 Å². The minimum Gasteiger partial charge on any atom is -0.459 e. The molecule has 2 heterocycles. The highest BCUT2D eigenvalue weighted by Gasteiger charge is 2.44. The van der Waals surface area contributed by atoms with Crippen molar-refractivity contribution in [2.24, 2.45) is 11.0 Å². The van der Waals surface area contributed by atoms with Gasteiger partial charge in [0.05, 0.1) is 18.0 Å². The molecule has 5 rings (SSSR count). The third kappa shape index (κ3) is 4.48. The van der Waals surface area contributed by atoms with E-state index >= 15 is 0 Å². The van der Waals surface area contributed by atoms with Gasteiger partial charge >= 0.3 is 5.91 Å². The summed E-state index contributed by atoms with van der Waals surface area (Å²) in [5.74, 6) is 0.265. The Morgan fingerprint density at radius 3 is 2.23 bits per heavy atom. The van der Waals surface area contributed by atoms with Crippen molar-refractivity contribution in [2.75, 3.05) is 38.0 Å². The third-order valence-corrected chi connectivity index (χ3v) is 6.94. The highest BCUT2D eigenvalue weighted by molar-refractivity contribution is 6.09. The van der Waals surface area contributed by atoms with E-state index in [0.29, 0.717) is 5.76 Å². The number of rotatable bonds is 5. The van der Waals surface area contributed by atoms with Crippen LogP contribution in [0.5, 0.6) is 0 Å². The molecule has 0 radical (unpaired) electrons. The fourth-order valence-electron chi connectivity index (χ4n) is 5.05. The lowest BCUT2D eigenvalue weighted by atomic mass is 9.77. The molecule has 1 amide bonds. The lowest BCUT2D eigenvalue weighted by Crippen LogP contribution is -2.31. The summed E-state index contributed by atoms with van der Waals surface area (Å²) in [7, 11) is 8.15. The van der Waals surface area contributed by atoms with Crippen LogP contribution < -0.4 is 9.80 Å². The quantitative estimate of drug-likeness (QED) is 0.471. The van der Waals surface area contributed by atoms with Crippen LogP contribution in [0.3, 0.4) is 0 Å². The molecule has 1 aliphatic heterocycles. The Labute approximate surface area is 207 Å². The van der Waals surface area contributed by atoms with E-state index < -0.39 is 0 Å². The summed E-state index contributed by atoms with van der Waals surface area (Å²) in [5, 5.41) is 6.61. The van der Waals surface area contributed by atoms with Crippen LogP contribution in [-0.2, 0) is 0 Å². The van der Waals surface area contributed by atoms with Crippen molar-refractivity contribution in [3.8, 4) is 0 Å². The number of hydrazone groups is 1. The largest absolute Gasteiger partial charge is 0.459 e. The summed E-state index contributed by atoms with van der Waals surface area (Å²) < 4.78 is 5.46. The van der Waals surface area contributed by atoms with E-state index in [0.717, 1.165) is 41.8 Å². The molecule has 0 N–H and O–H groups in total. The number of allylic oxidation sites excluding steroid dienone is 1. The normalized spacial score (nSPS) is 20.5. The van der Waals surface area contributed by atoms with Gasteiger partial charge in [-0.2, -0.15) is 5.10 Å². The molecule has 2 aliphatic rings. The van der Waals surface area contributed by atoms with Crippen LogP contribution in [-0.4, -0.2) is 44.8 Å². The van der Waals surface area contributed by atoms with Crippen molar-refractivity contribution in [3.05, 3.63) is 89.4 Å². The van der Waals surface area contributed by atoms with E-state index in [1.807, 2.05) is 28.2 Å². The number of furan rings is 1. The predicted octanol–water partition coefficient (Wildman–Crippen LogP) is 5.85. The molecule has 2 unspecified atom stereocenters. The molecule has 0 spiro atoms. The zero-order valence-corrected chi connectivity index (χ0v) is 20.8. The second kappa shape index (κ2) is 9.45. The highest BCUT2D eigenvalue weighted by atomic mass is 16.3. The van der Waals surface area contributed by atoms with Gasteiger partial charge < -0.3 is 14.2 Å². The number of benzene rings is 2. The summed E-state index contributed by atoms with van der Waals surface area (Å²) in [6.45, 7) is 0. The topological polar surface area (TPSA) is 52.3 Å². The van der Waals surface area contributed by atoms with Crippen LogP contribution in [0.2, 0.25) is 0 Å². The fraction of sp³-hybridized carbons (Fsp3) is 0.310. The number of carbonyl (C=O) groups is 1. The first-order valence-electron chi connectivity index (χ1n) is 12.1. The number of carbonyl (C=O) groups excluding carboxylic acids is 1. The third-order valence-electron chi connectivity index (χ3n) is 6.94. The lowest BCUT2D eigenvalue weighted by Gasteiger charge is -2.29. The summed E-state index contributed by atoms with van der Waals surface area (Å²) >= 11 is 0. The van der Waals surface area contributed by atoms with Gasteiger partial charge in [0.25, 0.3) is 0 Å². The average molecular weight is 469 g/mol. The second-order valence-electron chi connectivity index (χ2n) is 9.70. The maximum atomic E-state index is 13.5. The van der Waals surface area contributed by atoms with Crippen LogP contribution in [0.1, 0.15) is 47.0 Å². The van der Waals surface area contributed by atoms with Gasteiger partial charge in [-0.25, -0.2) is 5.01 Å².